The third-order valence-electron chi connectivity index (χ3n) is 2.40. The van der Waals surface area contributed by atoms with Crippen LogP contribution in [0.4, 0.5) is 0 Å². The molecule has 1 atom stereocenters. The molecule has 0 aliphatic heterocycles. The van der Waals surface area contributed by atoms with Gasteiger partial charge in [0, 0.05) is 12.1 Å². The van der Waals surface area contributed by atoms with Crippen molar-refractivity contribution < 1.29 is 8.76 Å². The molecule has 5 heteroatoms. The second-order valence-electron chi connectivity index (χ2n) is 3.49. The van der Waals surface area contributed by atoms with Crippen LogP contribution in [0.2, 0.25) is 0 Å². The Morgan fingerprint density at radius 1 is 1.42 bits per heavy atom. The summed E-state index contributed by atoms with van der Waals surface area (Å²) in [5, 5.41) is 0. The van der Waals surface area contributed by atoms with E-state index in [0.717, 1.165) is 25.7 Å². The Kier molecular flexibility index (Phi) is 3.64. The predicted octanol–water partition coefficient (Wildman–Crippen LogP) is 0.374. The zero-order chi connectivity index (χ0) is 9.03. The second-order valence-corrected chi connectivity index (χ2v) is 4.28. The van der Waals surface area contributed by atoms with Gasteiger partial charge < -0.3 is 5.73 Å². The van der Waals surface area contributed by atoms with Crippen molar-refractivity contribution in [1.82, 2.24) is 4.72 Å². The van der Waals surface area contributed by atoms with E-state index in [1.165, 1.54) is 6.42 Å². The van der Waals surface area contributed by atoms with Crippen LogP contribution >= 0.6 is 0 Å². The summed E-state index contributed by atoms with van der Waals surface area (Å²) in [5.41, 5.74) is 5.75. The van der Waals surface area contributed by atoms with Crippen molar-refractivity contribution in [2.45, 2.75) is 37.6 Å². The topological polar surface area (TPSA) is 75.3 Å². The lowest BCUT2D eigenvalue weighted by molar-refractivity contribution is 0.296. The number of rotatable bonds is 3. The average molecular weight is 192 g/mol. The van der Waals surface area contributed by atoms with E-state index in [9.17, 15) is 4.21 Å². The molecule has 1 saturated carbocycles. The highest BCUT2D eigenvalue weighted by molar-refractivity contribution is 7.77. The van der Waals surface area contributed by atoms with Gasteiger partial charge in [-0.3, -0.25) is 4.55 Å². The molecule has 72 valence electrons. The molecule has 1 aliphatic rings. The lowest BCUT2D eigenvalue weighted by atomic mass is 9.83. The Morgan fingerprint density at radius 2 is 2.00 bits per heavy atom. The van der Waals surface area contributed by atoms with Crippen molar-refractivity contribution in [1.29, 1.82) is 0 Å². The minimum absolute atomic E-state index is 0.253. The molecule has 4 nitrogen and oxygen atoms in total. The van der Waals surface area contributed by atoms with Gasteiger partial charge in [-0.15, -0.1) is 0 Å². The van der Waals surface area contributed by atoms with Crippen LogP contribution in [-0.4, -0.2) is 20.8 Å². The third kappa shape index (κ3) is 3.18. The van der Waals surface area contributed by atoms with Gasteiger partial charge in [0.15, 0.2) is 0 Å². The molecule has 0 aromatic carbocycles. The maximum atomic E-state index is 10.3. The fraction of sp³-hybridized carbons (Fsp3) is 1.00. The van der Waals surface area contributed by atoms with E-state index in [1.54, 1.807) is 0 Å². The molecule has 0 amide bonds. The van der Waals surface area contributed by atoms with E-state index < -0.39 is 11.3 Å². The first kappa shape index (κ1) is 10.1. The zero-order valence-corrected chi connectivity index (χ0v) is 7.90. The van der Waals surface area contributed by atoms with Crippen molar-refractivity contribution in [3.8, 4) is 0 Å². The molecular weight excluding hydrogens is 176 g/mol. The quantitative estimate of drug-likeness (QED) is 0.566. The van der Waals surface area contributed by atoms with Gasteiger partial charge in [-0.05, 0) is 12.8 Å². The summed E-state index contributed by atoms with van der Waals surface area (Å²) in [4.78, 5) is 0. The van der Waals surface area contributed by atoms with Gasteiger partial charge in [0.1, 0.15) is 0 Å². The van der Waals surface area contributed by atoms with Gasteiger partial charge in [0.2, 0.25) is 11.3 Å². The highest BCUT2D eigenvalue weighted by Gasteiger charge is 2.27. The van der Waals surface area contributed by atoms with Gasteiger partial charge in [-0.1, -0.05) is 19.3 Å². The van der Waals surface area contributed by atoms with Crippen LogP contribution < -0.4 is 10.5 Å². The molecule has 0 aromatic rings. The van der Waals surface area contributed by atoms with Gasteiger partial charge in [-0.25, -0.2) is 8.93 Å². The smallest absolute Gasteiger partial charge is 0.231 e. The summed E-state index contributed by atoms with van der Waals surface area (Å²) in [6, 6.07) is 0. The third-order valence-corrected chi connectivity index (χ3v) is 2.79. The standard InChI is InChI=1S/C7H16N2O2S/c8-7(6-9-12(10)11)4-2-1-3-5-7/h9H,1-6,8H2,(H,10,11). The zero-order valence-electron chi connectivity index (χ0n) is 7.08. The van der Waals surface area contributed by atoms with Crippen LogP contribution in [0.25, 0.3) is 0 Å². The Hall–Kier alpha value is 0.0300. The van der Waals surface area contributed by atoms with E-state index >= 15 is 0 Å². The van der Waals surface area contributed by atoms with Gasteiger partial charge in [0.25, 0.3) is 0 Å². The molecule has 0 radical (unpaired) electrons. The maximum Gasteiger partial charge on any atom is 0.231 e. The summed E-state index contributed by atoms with van der Waals surface area (Å²) in [7, 11) is 0. The Morgan fingerprint density at radius 3 is 2.50 bits per heavy atom. The molecule has 1 aliphatic carbocycles. The lowest BCUT2D eigenvalue weighted by Gasteiger charge is -2.32. The van der Waals surface area contributed by atoms with Crippen LogP contribution in [0, 0.1) is 0 Å². The normalized spacial score (nSPS) is 25.2. The molecule has 0 spiro atoms. The summed E-state index contributed by atoms with van der Waals surface area (Å²) >= 11 is -1.92. The minimum atomic E-state index is -1.92. The molecule has 4 N–H and O–H groups in total. The predicted molar refractivity (Wildman–Crippen MR) is 48.8 cm³/mol. The molecule has 1 fully saturated rings. The lowest BCUT2D eigenvalue weighted by Crippen LogP contribution is -2.50. The van der Waals surface area contributed by atoms with Crippen LogP contribution in [0.3, 0.4) is 0 Å². The molecule has 0 heterocycles. The average Bonchev–Trinajstić information content (AvgIpc) is 2.03. The van der Waals surface area contributed by atoms with Crippen LogP contribution in [0.1, 0.15) is 32.1 Å². The fourth-order valence-electron chi connectivity index (χ4n) is 1.64. The molecule has 1 unspecified atom stereocenters. The largest absolute Gasteiger partial charge is 0.324 e. The van der Waals surface area contributed by atoms with Crippen LogP contribution in [-0.2, 0) is 11.3 Å². The fourth-order valence-corrected chi connectivity index (χ4v) is 2.05. The summed E-state index contributed by atoms with van der Waals surface area (Å²) in [6.07, 6.45) is 5.42. The van der Waals surface area contributed by atoms with Crippen molar-refractivity contribution >= 4 is 11.3 Å². The minimum Gasteiger partial charge on any atom is -0.324 e. The molecule has 12 heavy (non-hydrogen) atoms. The monoisotopic (exact) mass is 192 g/mol. The Balaban J connectivity index is 2.31. The highest BCUT2D eigenvalue weighted by atomic mass is 32.2. The maximum absolute atomic E-state index is 10.3. The summed E-state index contributed by atoms with van der Waals surface area (Å²) in [6.45, 7) is 0.441. The van der Waals surface area contributed by atoms with Crippen molar-refractivity contribution in [3.63, 3.8) is 0 Å². The molecule has 0 bridgehead atoms. The van der Waals surface area contributed by atoms with Gasteiger partial charge in [-0.2, -0.15) is 0 Å². The number of hydrogen-bond acceptors (Lipinski definition) is 2. The van der Waals surface area contributed by atoms with E-state index in [0.29, 0.717) is 6.54 Å². The molecule has 0 saturated heterocycles. The second kappa shape index (κ2) is 4.32. The molecule has 1 rings (SSSR count). The summed E-state index contributed by atoms with van der Waals surface area (Å²) in [5.74, 6) is 0. The van der Waals surface area contributed by atoms with Gasteiger partial charge in [0.05, 0.1) is 0 Å². The van der Waals surface area contributed by atoms with Gasteiger partial charge >= 0.3 is 0 Å². The first-order valence-electron chi connectivity index (χ1n) is 4.26. The first-order valence-corrected chi connectivity index (χ1v) is 5.36. The van der Waals surface area contributed by atoms with Crippen molar-refractivity contribution in [3.05, 3.63) is 0 Å². The highest BCUT2D eigenvalue weighted by Crippen LogP contribution is 2.24. The Bertz CT molecular complexity index is 169. The van der Waals surface area contributed by atoms with Crippen LogP contribution in [0.15, 0.2) is 0 Å². The van der Waals surface area contributed by atoms with Crippen LogP contribution in [0.5, 0.6) is 0 Å². The summed E-state index contributed by atoms with van der Waals surface area (Å²) < 4.78 is 21.3. The SMILES string of the molecule is NC1(CNS(=O)O)CCCCC1. The molecule has 0 aromatic heterocycles. The van der Waals surface area contributed by atoms with E-state index in [-0.39, 0.29) is 5.54 Å². The van der Waals surface area contributed by atoms with E-state index in [2.05, 4.69) is 4.72 Å². The molecular formula is C7H16N2O2S. The number of nitrogens with one attached hydrogen (secondary N) is 1. The Labute approximate surface area is 75.3 Å². The first-order chi connectivity index (χ1) is 5.62. The van der Waals surface area contributed by atoms with Crippen molar-refractivity contribution in [2.75, 3.05) is 6.54 Å². The van der Waals surface area contributed by atoms with Crippen molar-refractivity contribution in [2.24, 2.45) is 5.73 Å². The van der Waals surface area contributed by atoms with E-state index in [1.807, 2.05) is 0 Å². The van der Waals surface area contributed by atoms with E-state index in [4.69, 9.17) is 10.3 Å². The number of hydrogen-bond donors (Lipinski definition) is 3. The number of nitrogens with two attached hydrogens (primary N) is 1.